The average molecular weight is 385 g/mol. The normalized spacial score (nSPS) is 18.5. The smallest absolute Gasteiger partial charge is 0.224 e. The number of ether oxygens (including phenoxy) is 1. The van der Waals surface area contributed by atoms with Gasteiger partial charge in [0.05, 0.1) is 36.9 Å². The van der Waals surface area contributed by atoms with Gasteiger partial charge in [-0.25, -0.2) is 8.42 Å². The van der Waals surface area contributed by atoms with Gasteiger partial charge in [-0.2, -0.15) is 5.10 Å². The summed E-state index contributed by atoms with van der Waals surface area (Å²) in [6, 6.07) is 0.216. The molecule has 1 aromatic rings. The lowest BCUT2D eigenvalue weighted by Crippen LogP contribution is -2.36. The van der Waals surface area contributed by atoms with E-state index in [1.54, 1.807) is 4.90 Å². The van der Waals surface area contributed by atoms with Gasteiger partial charge in [-0.05, 0) is 13.8 Å². The topological polar surface area (TPSA) is 84.7 Å². The van der Waals surface area contributed by atoms with Gasteiger partial charge in [-0.1, -0.05) is 0 Å². The van der Waals surface area contributed by atoms with Crippen molar-refractivity contribution in [3.8, 4) is 0 Å². The number of hydrogen-bond donors (Lipinski definition) is 0. The maximum atomic E-state index is 12.4. The largest absolute Gasteiger partial charge is 0.379 e. The minimum atomic E-state index is -3.14. The number of carbonyl (C=O) groups is 1. The van der Waals surface area contributed by atoms with E-state index in [-0.39, 0.29) is 24.1 Å². The van der Waals surface area contributed by atoms with Crippen molar-refractivity contribution in [1.82, 2.24) is 19.6 Å². The van der Waals surface area contributed by atoms with Crippen LogP contribution < -0.4 is 0 Å². The first kappa shape index (κ1) is 19.3. The third-order valence-electron chi connectivity index (χ3n) is 4.90. The van der Waals surface area contributed by atoms with Gasteiger partial charge in [0.1, 0.15) is 9.84 Å². The van der Waals surface area contributed by atoms with E-state index in [1.807, 2.05) is 4.68 Å². The third-order valence-corrected chi connectivity index (χ3v) is 5.84. The molecule has 0 atom stereocenters. The maximum Gasteiger partial charge on any atom is 0.224 e. The highest BCUT2D eigenvalue weighted by molar-refractivity contribution is 7.90. The van der Waals surface area contributed by atoms with Crippen LogP contribution in [0.3, 0.4) is 0 Å². The molecular formula is C17H28N4O4S. The molecule has 2 aliphatic rings. The first-order valence-corrected chi connectivity index (χ1v) is 11.2. The van der Waals surface area contributed by atoms with E-state index in [9.17, 15) is 13.2 Å². The number of fused-ring (bicyclic) bond motifs is 1. The van der Waals surface area contributed by atoms with Gasteiger partial charge in [0, 0.05) is 50.5 Å². The minimum absolute atomic E-state index is 0.0387. The summed E-state index contributed by atoms with van der Waals surface area (Å²) in [6.07, 6.45) is 1.20. The van der Waals surface area contributed by atoms with Gasteiger partial charge in [-0.15, -0.1) is 0 Å². The Bertz CT molecular complexity index is 766. The molecule has 0 N–H and O–H groups in total. The molecule has 1 fully saturated rings. The number of sulfone groups is 1. The zero-order valence-electron chi connectivity index (χ0n) is 15.8. The standard InChI is InChI=1S/C17H28N4O4S/c1-13(2)21-16-12-20(17(22)4-9-26(3,23)24)10-14(16)15(18-21)11-19-5-7-25-8-6-19/h13H,4-12H2,1-3H3. The molecule has 1 amide bonds. The zero-order valence-corrected chi connectivity index (χ0v) is 16.6. The molecule has 3 rings (SSSR count). The Morgan fingerprint density at radius 3 is 2.54 bits per heavy atom. The molecule has 9 heteroatoms. The van der Waals surface area contributed by atoms with E-state index in [2.05, 4.69) is 18.7 Å². The summed E-state index contributed by atoms with van der Waals surface area (Å²) in [5, 5.41) is 4.80. The third kappa shape index (κ3) is 4.44. The van der Waals surface area contributed by atoms with Crippen LogP contribution in [0.25, 0.3) is 0 Å². The van der Waals surface area contributed by atoms with Crippen LogP contribution >= 0.6 is 0 Å². The monoisotopic (exact) mass is 384 g/mol. The van der Waals surface area contributed by atoms with Gasteiger partial charge in [0.15, 0.2) is 0 Å². The fraction of sp³-hybridized carbons (Fsp3) is 0.765. The molecule has 146 valence electrons. The molecule has 0 aliphatic carbocycles. The van der Waals surface area contributed by atoms with Gasteiger partial charge in [0.25, 0.3) is 0 Å². The SMILES string of the molecule is CC(C)n1nc(CN2CCOCC2)c2c1CN(C(=O)CCS(C)(=O)=O)C2. The molecule has 0 spiro atoms. The fourth-order valence-corrected chi connectivity index (χ4v) is 4.01. The van der Waals surface area contributed by atoms with Crippen molar-refractivity contribution in [2.45, 2.75) is 45.9 Å². The Kier molecular flexibility index (Phi) is 5.69. The molecule has 0 unspecified atom stereocenters. The highest BCUT2D eigenvalue weighted by atomic mass is 32.2. The van der Waals surface area contributed by atoms with E-state index in [1.165, 1.54) is 0 Å². The predicted molar refractivity (Wildman–Crippen MR) is 97.3 cm³/mol. The van der Waals surface area contributed by atoms with E-state index >= 15 is 0 Å². The van der Waals surface area contributed by atoms with Crippen molar-refractivity contribution in [2.75, 3.05) is 38.3 Å². The number of aromatic nitrogens is 2. The van der Waals surface area contributed by atoms with E-state index in [4.69, 9.17) is 9.84 Å². The predicted octanol–water partition coefficient (Wildman–Crippen LogP) is 0.573. The second-order valence-corrected chi connectivity index (χ2v) is 9.69. The number of nitrogens with zero attached hydrogens (tertiary/aromatic N) is 4. The van der Waals surface area contributed by atoms with E-state index in [0.717, 1.165) is 56.1 Å². The van der Waals surface area contributed by atoms with Gasteiger partial charge >= 0.3 is 0 Å². The van der Waals surface area contributed by atoms with E-state index in [0.29, 0.717) is 13.1 Å². The summed E-state index contributed by atoms with van der Waals surface area (Å²) in [7, 11) is -3.14. The number of morpholine rings is 1. The van der Waals surface area contributed by atoms with Crippen LogP contribution in [0.4, 0.5) is 0 Å². The molecule has 3 heterocycles. The van der Waals surface area contributed by atoms with Gasteiger partial charge in [-0.3, -0.25) is 14.4 Å². The molecule has 0 radical (unpaired) electrons. The van der Waals surface area contributed by atoms with Gasteiger partial charge < -0.3 is 9.64 Å². The Labute approximate surface area is 155 Å². The molecule has 0 saturated carbocycles. The summed E-state index contributed by atoms with van der Waals surface area (Å²) < 4.78 is 30.1. The van der Waals surface area contributed by atoms with Crippen LogP contribution in [0.2, 0.25) is 0 Å². The number of hydrogen-bond acceptors (Lipinski definition) is 6. The number of carbonyl (C=O) groups excluding carboxylic acids is 1. The Hall–Kier alpha value is -1.45. The summed E-state index contributed by atoms with van der Waals surface area (Å²) in [4.78, 5) is 16.5. The second kappa shape index (κ2) is 7.66. The second-order valence-electron chi connectivity index (χ2n) is 7.43. The molecule has 0 bridgehead atoms. The van der Waals surface area contributed by atoms with Crippen LogP contribution in [0.15, 0.2) is 0 Å². The van der Waals surface area contributed by atoms with Crippen LogP contribution in [0, 0.1) is 0 Å². The Morgan fingerprint density at radius 1 is 1.23 bits per heavy atom. The van der Waals surface area contributed by atoms with Crippen LogP contribution in [0.5, 0.6) is 0 Å². The fourth-order valence-electron chi connectivity index (χ4n) is 3.47. The summed E-state index contributed by atoms with van der Waals surface area (Å²) >= 11 is 0. The van der Waals surface area contributed by atoms with Crippen molar-refractivity contribution in [3.05, 3.63) is 17.0 Å². The van der Waals surface area contributed by atoms with Crippen LogP contribution in [0.1, 0.15) is 43.3 Å². The average Bonchev–Trinajstić information content (AvgIpc) is 3.13. The maximum absolute atomic E-state index is 12.4. The number of rotatable bonds is 6. The molecule has 1 saturated heterocycles. The molecule has 8 nitrogen and oxygen atoms in total. The Morgan fingerprint density at radius 2 is 1.92 bits per heavy atom. The molecule has 2 aliphatic heterocycles. The number of amides is 1. The lowest BCUT2D eigenvalue weighted by molar-refractivity contribution is -0.131. The highest BCUT2D eigenvalue weighted by Crippen LogP contribution is 2.29. The molecule has 0 aromatic carbocycles. The molecule has 26 heavy (non-hydrogen) atoms. The van der Waals surface area contributed by atoms with Crippen LogP contribution in [-0.4, -0.2) is 72.2 Å². The summed E-state index contributed by atoms with van der Waals surface area (Å²) in [5.74, 6) is -0.213. The first-order valence-electron chi connectivity index (χ1n) is 9.09. The highest BCUT2D eigenvalue weighted by Gasteiger charge is 2.32. The van der Waals surface area contributed by atoms with E-state index < -0.39 is 9.84 Å². The Balaban J connectivity index is 1.74. The quantitative estimate of drug-likeness (QED) is 0.713. The lowest BCUT2D eigenvalue weighted by atomic mass is 10.2. The van der Waals surface area contributed by atoms with Crippen molar-refractivity contribution in [2.24, 2.45) is 0 Å². The van der Waals surface area contributed by atoms with Crippen molar-refractivity contribution >= 4 is 15.7 Å². The van der Waals surface area contributed by atoms with Crippen molar-refractivity contribution < 1.29 is 17.9 Å². The first-order chi connectivity index (χ1) is 12.2. The van der Waals surface area contributed by atoms with Crippen molar-refractivity contribution in [1.29, 1.82) is 0 Å². The summed E-state index contributed by atoms with van der Waals surface area (Å²) in [6.45, 7) is 9.21. The zero-order chi connectivity index (χ0) is 18.9. The summed E-state index contributed by atoms with van der Waals surface area (Å²) in [5.41, 5.74) is 3.22. The minimum Gasteiger partial charge on any atom is -0.379 e. The van der Waals surface area contributed by atoms with Gasteiger partial charge in [0.2, 0.25) is 5.91 Å². The molecular weight excluding hydrogens is 356 g/mol. The molecule has 1 aromatic heterocycles. The van der Waals surface area contributed by atoms with Crippen LogP contribution in [-0.2, 0) is 39.0 Å². The van der Waals surface area contributed by atoms with Crippen molar-refractivity contribution in [3.63, 3.8) is 0 Å². The lowest BCUT2D eigenvalue weighted by Gasteiger charge is -2.26.